The molecule has 22 heavy (non-hydrogen) atoms. The number of carbonyl (C=O) groups is 1. The van der Waals surface area contributed by atoms with Gasteiger partial charge in [-0.2, -0.15) is 0 Å². The van der Waals surface area contributed by atoms with Crippen molar-refractivity contribution < 1.29 is 9.53 Å². The number of nitrogens with zero attached hydrogens (tertiary/aromatic N) is 2. The van der Waals surface area contributed by atoms with Gasteiger partial charge in [-0.1, -0.05) is 19.3 Å². The third-order valence-corrected chi connectivity index (χ3v) is 4.90. The van der Waals surface area contributed by atoms with Crippen molar-refractivity contribution in [2.45, 2.75) is 58.0 Å². The fourth-order valence-corrected chi connectivity index (χ4v) is 3.52. The van der Waals surface area contributed by atoms with Gasteiger partial charge in [0.25, 0.3) is 0 Å². The molecule has 2 fully saturated rings. The molecule has 1 aromatic rings. The van der Waals surface area contributed by atoms with E-state index in [4.69, 9.17) is 4.74 Å². The highest BCUT2D eigenvalue weighted by Crippen LogP contribution is 2.27. The molecule has 1 saturated heterocycles. The van der Waals surface area contributed by atoms with Gasteiger partial charge in [0.05, 0.1) is 6.20 Å². The molecule has 1 aromatic heterocycles. The van der Waals surface area contributed by atoms with Crippen LogP contribution in [0, 0.1) is 12.8 Å². The molecule has 0 N–H and O–H groups in total. The summed E-state index contributed by atoms with van der Waals surface area (Å²) in [5.74, 6) is 1.50. The monoisotopic (exact) mass is 302 g/mol. The summed E-state index contributed by atoms with van der Waals surface area (Å²) < 4.78 is 5.98. The number of aromatic nitrogens is 1. The SMILES string of the molecule is Cc1ccc(OC2CCN(C(=O)C3CCCCC3)CC2)cn1. The first-order valence-corrected chi connectivity index (χ1v) is 8.60. The van der Waals surface area contributed by atoms with Crippen molar-refractivity contribution in [3.8, 4) is 5.75 Å². The van der Waals surface area contributed by atoms with Crippen LogP contribution in [0.15, 0.2) is 18.3 Å². The minimum absolute atomic E-state index is 0.208. The van der Waals surface area contributed by atoms with Crippen molar-refractivity contribution in [2.24, 2.45) is 5.92 Å². The summed E-state index contributed by atoms with van der Waals surface area (Å²) >= 11 is 0. The third kappa shape index (κ3) is 3.79. The van der Waals surface area contributed by atoms with Crippen LogP contribution >= 0.6 is 0 Å². The summed E-state index contributed by atoms with van der Waals surface area (Å²) in [4.78, 5) is 18.8. The Bertz CT molecular complexity index is 486. The molecule has 1 aliphatic carbocycles. The number of aryl methyl sites for hydroxylation is 1. The fraction of sp³-hybridized carbons (Fsp3) is 0.667. The Morgan fingerprint density at radius 2 is 1.86 bits per heavy atom. The van der Waals surface area contributed by atoms with Crippen LogP contribution in [0.2, 0.25) is 0 Å². The van der Waals surface area contributed by atoms with E-state index in [1.165, 1.54) is 19.3 Å². The lowest BCUT2D eigenvalue weighted by molar-refractivity contribution is -0.138. The number of likely N-dealkylation sites (tertiary alicyclic amines) is 1. The first kappa shape index (κ1) is 15.3. The van der Waals surface area contributed by atoms with Crippen molar-refractivity contribution in [3.63, 3.8) is 0 Å². The summed E-state index contributed by atoms with van der Waals surface area (Å²) in [5, 5.41) is 0. The largest absolute Gasteiger partial charge is 0.489 e. The summed E-state index contributed by atoms with van der Waals surface area (Å²) in [5.41, 5.74) is 1.00. The second-order valence-electron chi connectivity index (χ2n) is 6.61. The van der Waals surface area contributed by atoms with Crippen LogP contribution in [0.1, 0.15) is 50.6 Å². The van der Waals surface area contributed by atoms with Crippen LogP contribution < -0.4 is 4.74 Å². The lowest BCUT2D eigenvalue weighted by Gasteiger charge is -2.35. The van der Waals surface area contributed by atoms with Gasteiger partial charge in [0.2, 0.25) is 5.91 Å². The zero-order chi connectivity index (χ0) is 15.4. The number of rotatable bonds is 3. The summed E-state index contributed by atoms with van der Waals surface area (Å²) in [6.45, 7) is 3.64. The van der Waals surface area contributed by atoms with E-state index in [0.29, 0.717) is 5.91 Å². The number of piperidine rings is 1. The van der Waals surface area contributed by atoms with Gasteiger partial charge in [0.1, 0.15) is 11.9 Å². The number of hydrogen-bond acceptors (Lipinski definition) is 3. The standard InChI is InChI=1S/C18H26N2O2/c1-14-7-8-17(13-19-14)22-16-9-11-20(12-10-16)18(21)15-5-3-2-4-6-15/h7-8,13,15-16H,2-6,9-12H2,1H3. The van der Waals surface area contributed by atoms with Crippen LogP contribution in [-0.2, 0) is 4.79 Å². The predicted octanol–water partition coefficient (Wildman–Crippen LogP) is 3.34. The second kappa shape index (κ2) is 7.12. The smallest absolute Gasteiger partial charge is 0.225 e. The molecule has 120 valence electrons. The Labute approximate surface area is 132 Å². The number of ether oxygens (including phenoxy) is 1. The highest BCUT2D eigenvalue weighted by atomic mass is 16.5. The maximum absolute atomic E-state index is 12.5. The average Bonchev–Trinajstić information content (AvgIpc) is 2.58. The first-order chi connectivity index (χ1) is 10.7. The van der Waals surface area contributed by atoms with Gasteiger partial charge >= 0.3 is 0 Å². The van der Waals surface area contributed by atoms with Crippen LogP contribution in [0.4, 0.5) is 0 Å². The van der Waals surface area contributed by atoms with E-state index in [0.717, 1.165) is 50.2 Å². The molecular formula is C18H26N2O2. The predicted molar refractivity (Wildman–Crippen MR) is 85.8 cm³/mol. The van der Waals surface area contributed by atoms with Crippen molar-refractivity contribution in [1.29, 1.82) is 0 Å². The van der Waals surface area contributed by atoms with Crippen molar-refractivity contribution in [2.75, 3.05) is 13.1 Å². The summed E-state index contributed by atoms with van der Waals surface area (Å²) in [6, 6.07) is 3.94. The van der Waals surface area contributed by atoms with Crippen LogP contribution in [0.25, 0.3) is 0 Å². The van der Waals surface area contributed by atoms with Crippen molar-refractivity contribution >= 4 is 5.91 Å². The lowest BCUT2D eigenvalue weighted by atomic mass is 9.88. The molecule has 0 spiro atoms. The molecule has 4 heteroatoms. The lowest BCUT2D eigenvalue weighted by Crippen LogP contribution is -2.44. The molecule has 2 aliphatic rings. The van der Waals surface area contributed by atoms with E-state index < -0.39 is 0 Å². The van der Waals surface area contributed by atoms with E-state index >= 15 is 0 Å². The maximum Gasteiger partial charge on any atom is 0.225 e. The second-order valence-corrected chi connectivity index (χ2v) is 6.61. The number of amides is 1. The normalized spacial score (nSPS) is 20.9. The highest BCUT2D eigenvalue weighted by Gasteiger charge is 2.29. The Kier molecular flexibility index (Phi) is 4.96. The highest BCUT2D eigenvalue weighted by molar-refractivity contribution is 5.79. The van der Waals surface area contributed by atoms with E-state index in [2.05, 4.69) is 9.88 Å². The van der Waals surface area contributed by atoms with E-state index in [-0.39, 0.29) is 12.0 Å². The molecule has 0 atom stereocenters. The van der Waals surface area contributed by atoms with E-state index in [1.807, 2.05) is 19.1 Å². The molecule has 0 aromatic carbocycles. The maximum atomic E-state index is 12.5. The minimum atomic E-state index is 0.208. The summed E-state index contributed by atoms with van der Waals surface area (Å²) in [6.07, 6.45) is 9.75. The van der Waals surface area contributed by atoms with E-state index in [1.54, 1.807) is 6.20 Å². The minimum Gasteiger partial charge on any atom is -0.489 e. The number of pyridine rings is 1. The molecule has 1 aliphatic heterocycles. The van der Waals surface area contributed by atoms with Crippen LogP contribution in [0.5, 0.6) is 5.75 Å². The zero-order valence-electron chi connectivity index (χ0n) is 13.5. The Morgan fingerprint density at radius 3 is 2.50 bits per heavy atom. The van der Waals surface area contributed by atoms with Gasteiger partial charge in [-0.3, -0.25) is 9.78 Å². The molecular weight excluding hydrogens is 276 g/mol. The molecule has 4 nitrogen and oxygen atoms in total. The fourth-order valence-electron chi connectivity index (χ4n) is 3.52. The Hall–Kier alpha value is -1.58. The van der Waals surface area contributed by atoms with Crippen molar-refractivity contribution in [1.82, 2.24) is 9.88 Å². The Morgan fingerprint density at radius 1 is 1.14 bits per heavy atom. The van der Waals surface area contributed by atoms with Crippen LogP contribution in [-0.4, -0.2) is 35.0 Å². The molecule has 1 amide bonds. The van der Waals surface area contributed by atoms with Gasteiger partial charge < -0.3 is 9.64 Å². The molecule has 1 saturated carbocycles. The van der Waals surface area contributed by atoms with Gasteiger partial charge in [0.15, 0.2) is 0 Å². The molecule has 3 rings (SSSR count). The van der Waals surface area contributed by atoms with Crippen molar-refractivity contribution in [3.05, 3.63) is 24.0 Å². The first-order valence-electron chi connectivity index (χ1n) is 8.60. The van der Waals surface area contributed by atoms with Gasteiger partial charge in [-0.15, -0.1) is 0 Å². The van der Waals surface area contributed by atoms with Gasteiger partial charge in [-0.05, 0) is 31.9 Å². The zero-order valence-corrected chi connectivity index (χ0v) is 13.5. The quantitative estimate of drug-likeness (QED) is 0.860. The summed E-state index contributed by atoms with van der Waals surface area (Å²) in [7, 11) is 0. The average molecular weight is 302 g/mol. The number of hydrogen-bond donors (Lipinski definition) is 0. The molecule has 0 unspecified atom stereocenters. The third-order valence-electron chi connectivity index (χ3n) is 4.90. The van der Waals surface area contributed by atoms with Crippen LogP contribution in [0.3, 0.4) is 0 Å². The Balaban J connectivity index is 1.47. The van der Waals surface area contributed by atoms with Gasteiger partial charge in [0, 0.05) is 37.5 Å². The van der Waals surface area contributed by atoms with E-state index in [9.17, 15) is 4.79 Å². The topological polar surface area (TPSA) is 42.4 Å². The molecule has 0 bridgehead atoms. The number of carbonyl (C=O) groups excluding carboxylic acids is 1. The van der Waals surface area contributed by atoms with Gasteiger partial charge in [-0.25, -0.2) is 0 Å². The molecule has 0 radical (unpaired) electrons. The molecule has 2 heterocycles.